The van der Waals surface area contributed by atoms with E-state index in [2.05, 4.69) is 12.2 Å². The molecule has 1 N–H and O–H groups in total. The van der Waals surface area contributed by atoms with Crippen molar-refractivity contribution in [2.45, 2.75) is 149 Å². The third kappa shape index (κ3) is 20.0. The van der Waals surface area contributed by atoms with Gasteiger partial charge >= 0.3 is 6.09 Å². The lowest BCUT2D eigenvalue weighted by Crippen LogP contribution is -2.41. The topological polar surface area (TPSA) is 55.4 Å². The minimum absolute atomic E-state index is 0.0885. The number of ether oxygens (including phenoxy) is 1. The van der Waals surface area contributed by atoms with Crippen LogP contribution in [-0.2, 0) is 9.53 Å². The van der Waals surface area contributed by atoms with E-state index in [0.717, 1.165) is 12.8 Å². The fraction of sp³-hybridized carbons (Fsp3) is 0.920. The van der Waals surface area contributed by atoms with Gasteiger partial charge in [-0.3, -0.25) is 4.79 Å². The Kier molecular flexibility index (Phi) is 17.1. The first kappa shape index (κ1) is 27.9. The van der Waals surface area contributed by atoms with Gasteiger partial charge in [-0.2, -0.15) is 0 Å². The third-order valence-corrected chi connectivity index (χ3v) is 5.24. The summed E-state index contributed by atoms with van der Waals surface area (Å²) in [5.74, 6) is 0.0885. The highest BCUT2D eigenvalue weighted by Crippen LogP contribution is 2.14. The van der Waals surface area contributed by atoms with E-state index in [0.29, 0.717) is 6.42 Å². The Morgan fingerprint density at radius 2 is 1.10 bits per heavy atom. The molecule has 0 rings (SSSR count). The number of Topliss-reactive ketones (excluding diaryl/α,β-unsaturated/α-hetero) is 1. The molecular formula is C25H49NO3. The van der Waals surface area contributed by atoms with Crippen LogP contribution >= 0.6 is 0 Å². The van der Waals surface area contributed by atoms with Crippen molar-refractivity contribution in [1.82, 2.24) is 5.32 Å². The van der Waals surface area contributed by atoms with Crippen molar-refractivity contribution in [3.63, 3.8) is 0 Å². The second-order valence-electron chi connectivity index (χ2n) is 9.53. The van der Waals surface area contributed by atoms with E-state index < -0.39 is 17.7 Å². The number of hydrogen-bond acceptors (Lipinski definition) is 3. The zero-order valence-corrected chi connectivity index (χ0v) is 20.1. The predicted octanol–water partition coefficient (Wildman–Crippen LogP) is 7.73. The minimum Gasteiger partial charge on any atom is -0.444 e. The van der Waals surface area contributed by atoms with Gasteiger partial charge in [0.2, 0.25) is 0 Å². The Labute approximate surface area is 180 Å². The van der Waals surface area contributed by atoms with Crippen LogP contribution in [0.3, 0.4) is 0 Å². The zero-order valence-electron chi connectivity index (χ0n) is 20.1. The largest absolute Gasteiger partial charge is 0.444 e. The van der Waals surface area contributed by atoms with Gasteiger partial charge in [0.15, 0.2) is 5.78 Å². The first-order chi connectivity index (χ1) is 13.8. The molecule has 4 nitrogen and oxygen atoms in total. The molecule has 172 valence electrons. The smallest absolute Gasteiger partial charge is 0.408 e. The van der Waals surface area contributed by atoms with E-state index in [-0.39, 0.29) is 5.78 Å². The maximum absolute atomic E-state index is 12.1. The Hall–Kier alpha value is -1.06. The molecule has 0 aromatic rings. The second kappa shape index (κ2) is 17.8. The first-order valence-corrected chi connectivity index (χ1v) is 12.3. The molecule has 0 aliphatic rings. The Balaban J connectivity index is 3.43. The molecule has 0 aliphatic carbocycles. The van der Waals surface area contributed by atoms with Gasteiger partial charge in [-0.15, -0.1) is 0 Å². The number of carbonyl (C=O) groups excluding carboxylic acids is 2. The molecule has 0 aromatic carbocycles. The summed E-state index contributed by atoms with van der Waals surface area (Å²) in [5, 5.41) is 2.63. The summed E-state index contributed by atoms with van der Waals surface area (Å²) < 4.78 is 5.19. The summed E-state index contributed by atoms with van der Waals surface area (Å²) in [6.07, 6.45) is 19.8. The Bertz CT molecular complexity index is 415. The van der Waals surface area contributed by atoms with Gasteiger partial charge in [0, 0.05) is 6.42 Å². The van der Waals surface area contributed by atoms with E-state index in [1.165, 1.54) is 83.5 Å². The van der Waals surface area contributed by atoms with Crippen molar-refractivity contribution in [2.75, 3.05) is 0 Å². The summed E-state index contributed by atoms with van der Waals surface area (Å²) in [4.78, 5) is 23.8. The van der Waals surface area contributed by atoms with Gasteiger partial charge in [0.05, 0.1) is 6.04 Å². The van der Waals surface area contributed by atoms with Gasteiger partial charge in [-0.25, -0.2) is 4.79 Å². The second-order valence-corrected chi connectivity index (χ2v) is 9.53. The van der Waals surface area contributed by atoms with E-state index in [9.17, 15) is 9.59 Å². The van der Waals surface area contributed by atoms with E-state index >= 15 is 0 Å². The molecule has 29 heavy (non-hydrogen) atoms. The molecular weight excluding hydrogens is 362 g/mol. The molecule has 0 aliphatic heterocycles. The molecule has 0 radical (unpaired) electrons. The zero-order chi connectivity index (χ0) is 22.0. The first-order valence-electron chi connectivity index (χ1n) is 12.3. The average molecular weight is 412 g/mol. The Morgan fingerprint density at radius 3 is 1.48 bits per heavy atom. The van der Waals surface area contributed by atoms with Crippen molar-refractivity contribution in [2.24, 2.45) is 0 Å². The van der Waals surface area contributed by atoms with Gasteiger partial charge in [-0.1, -0.05) is 96.8 Å². The predicted molar refractivity (Wildman–Crippen MR) is 123 cm³/mol. The van der Waals surface area contributed by atoms with Crippen LogP contribution in [0.4, 0.5) is 4.79 Å². The highest BCUT2D eigenvalue weighted by molar-refractivity contribution is 5.86. The van der Waals surface area contributed by atoms with Gasteiger partial charge in [-0.05, 0) is 34.1 Å². The van der Waals surface area contributed by atoms with E-state index in [1.807, 2.05) is 20.8 Å². The highest BCUT2D eigenvalue weighted by Gasteiger charge is 2.20. The SMILES string of the molecule is CCCCCCCCCCCCCCCCCC(=O)[C@H](C)NC(=O)OC(C)(C)C. The van der Waals surface area contributed by atoms with Gasteiger partial charge < -0.3 is 10.1 Å². The highest BCUT2D eigenvalue weighted by atomic mass is 16.6. The fourth-order valence-corrected chi connectivity index (χ4v) is 3.45. The summed E-state index contributed by atoms with van der Waals surface area (Å²) in [6, 6.07) is -0.475. The van der Waals surface area contributed by atoms with Crippen LogP contribution in [0.25, 0.3) is 0 Å². The van der Waals surface area contributed by atoms with E-state index in [1.54, 1.807) is 6.92 Å². The summed E-state index contributed by atoms with van der Waals surface area (Å²) in [6.45, 7) is 9.45. The van der Waals surface area contributed by atoms with Crippen LogP contribution in [-0.4, -0.2) is 23.5 Å². The summed E-state index contributed by atoms with van der Waals surface area (Å²) in [7, 11) is 0. The van der Waals surface area contributed by atoms with Gasteiger partial charge in [0.1, 0.15) is 5.60 Å². The molecule has 4 heteroatoms. The van der Waals surface area contributed by atoms with Crippen molar-refractivity contribution in [3.05, 3.63) is 0 Å². The number of rotatable bonds is 18. The lowest BCUT2D eigenvalue weighted by molar-refractivity contribution is -0.120. The standard InChI is InChI=1S/C25H49NO3/c1-6-7-8-9-10-11-12-13-14-15-16-17-18-19-20-21-23(27)22(2)26-24(28)29-25(3,4)5/h22H,6-21H2,1-5H3,(H,26,28)/t22-/m0/s1. The number of hydrogen-bond donors (Lipinski definition) is 1. The van der Waals surface area contributed by atoms with Gasteiger partial charge in [0.25, 0.3) is 0 Å². The molecule has 1 atom stereocenters. The van der Waals surface area contributed by atoms with Crippen LogP contribution in [0.15, 0.2) is 0 Å². The molecule has 0 bridgehead atoms. The monoisotopic (exact) mass is 411 g/mol. The molecule has 0 fully saturated rings. The lowest BCUT2D eigenvalue weighted by atomic mass is 10.0. The van der Waals surface area contributed by atoms with Crippen molar-refractivity contribution in [1.29, 1.82) is 0 Å². The van der Waals surface area contributed by atoms with Crippen molar-refractivity contribution < 1.29 is 14.3 Å². The number of alkyl carbamates (subject to hydrolysis) is 1. The molecule has 1 amide bonds. The quantitative estimate of drug-likeness (QED) is 0.235. The van der Waals surface area contributed by atoms with Crippen molar-refractivity contribution in [3.8, 4) is 0 Å². The van der Waals surface area contributed by atoms with Crippen LogP contribution in [0.5, 0.6) is 0 Å². The molecule has 0 saturated heterocycles. The normalized spacial score (nSPS) is 12.6. The molecule has 0 unspecified atom stereocenters. The number of nitrogens with one attached hydrogen (secondary N) is 1. The molecule has 0 aromatic heterocycles. The van der Waals surface area contributed by atoms with Crippen LogP contribution in [0.2, 0.25) is 0 Å². The maximum Gasteiger partial charge on any atom is 0.408 e. The third-order valence-electron chi connectivity index (χ3n) is 5.24. The number of ketones is 1. The van der Waals surface area contributed by atoms with E-state index in [4.69, 9.17) is 4.74 Å². The average Bonchev–Trinajstić information content (AvgIpc) is 2.63. The van der Waals surface area contributed by atoms with Crippen LogP contribution < -0.4 is 5.32 Å². The Morgan fingerprint density at radius 1 is 0.724 bits per heavy atom. The molecule has 0 spiro atoms. The number of carbonyl (C=O) groups is 2. The van der Waals surface area contributed by atoms with Crippen LogP contribution in [0, 0.1) is 0 Å². The fourth-order valence-electron chi connectivity index (χ4n) is 3.45. The summed E-state index contributed by atoms with van der Waals surface area (Å²) in [5.41, 5.74) is -0.541. The van der Waals surface area contributed by atoms with Crippen molar-refractivity contribution >= 4 is 11.9 Å². The van der Waals surface area contributed by atoms with Crippen LogP contribution in [0.1, 0.15) is 137 Å². The number of amides is 1. The maximum atomic E-state index is 12.1. The summed E-state index contributed by atoms with van der Waals surface area (Å²) >= 11 is 0. The lowest BCUT2D eigenvalue weighted by Gasteiger charge is -2.21. The molecule has 0 saturated carbocycles. The minimum atomic E-state index is -0.541. The number of unbranched alkanes of at least 4 members (excludes halogenated alkanes) is 14. The molecule has 0 heterocycles.